The maximum Gasteiger partial charge on any atom is 0.122 e. The molecule has 1 rings (SSSR count). The van der Waals surface area contributed by atoms with E-state index >= 15 is 0 Å². The van der Waals surface area contributed by atoms with E-state index in [4.69, 9.17) is 0 Å². The highest BCUT2D eigenvalue weighted by atomic mass is 32.2. The Hall–Kier alpha value is -1.07. The third kappa shape index (κ3) is 3.50. The van der Waals surface area contributed by atoms with E-state index in [2.05, 4.69) is 5.32 Å². The molecule has 0 amide bonds. The molecule has 0 spiro atoms. The zero-order valence-corrected chi connectivity index (χ0v) is 10.4. The molecule has 0 aliphatic carbocycles. The minimum absolute atomic E-state index is 0.627. The Kier molecular flexibility index (Phi) is 3.60. The van der Waals surface area contributed by atoms with Crippen LogP contribution in [0.2, 0.25) is 0 Å². The smallest absolute Gasteiger partial charge is 0.122 e. The number of benzene rings is 1. The molecule has 0 aromatic heterocycles. The van der Waals surface area contributed by atoms with Crippen molar-refractivity contribution >= 4 is 15.8 Å². The lowest BCUT2D eigenvalue weighted by molar-refractivity contribution is 0.363. The van der Waals surface area contributed by atoms with E-state index in [1.165, 1.54) is 0 Å². The Bertz CT molecular complexity index is 434. The first-order valence-corrected chi connectivity index (χ1v) is 6.45. The Morgan fingerprint density at radius 1 is 1.19 bits per heavy atom. The van der Waals surface area contributed by atoms with Crippen LogP contribution in [-0.4, -0.2) is 18.3 Å². The number of hydrogen-bond donors (Lipinski definition) is 1. The van der Waals surface area contributed by atoms with E-state index in [0.29, 0.717) is 5.69 Å². The molecule has 0 fully saturated rings. The predicted octanol–water partition coefficient (Wildman–Crippen LogP) is 2.02. The second-order valence-corrected chi connectivity index (χ2v) is 6.21. The van der Waals surface area contributed by atoms with Crippen molar-refractivity contribution in [3.05, 3.63) is 30.3 Å². The summed E-state index contributed by atoms with van der Waals surface area (Å²) in [5.74, 6) is 0. The van der Waals surface area contributed by atoms with E-state index in [9.17, 15) is 13.0 Å². The number of hydrogen-bond acceptors (Lipinski definition) is 4. The summed E-state index contributed by atoms with van der Waals surface area (Å²) >= 11 is 0. The molecule has 0 aliphatic rings. The molecule has 16 heavy (non-hydrogen) atoms. The van der Waals surface area contributed by atoms with E-state index in [0.717, 1.165) is 0 Å². The Morgan fingerprint density at radius 3 is 2.06 bits per heavy atom. The molecule has 0 bridgehead atoms. The Balaban J connectivity index is 2.99. The van der Waals surface area contributed by atoms with Gasteiger partial charge >= 0.3 is 0 Å². The van der Waals surface area contributed by atoms with Crippen LogP contribution in [0.3, 0.4) is 0 Å². The molecule has 1 unspecified atom stereocenters. The molecular formula is C11H16NO3S-. The fraction of sp³-hybridized carbons (Fsp3) is 0.455. The maximum absolute atomic E-state index is 11.2. The molecule has 90 valence electrons. The fourth-order valence-electron chi connectivity index (χ4n) is 1.41. The van der Waals surface area contributed by atoms with Crippen LogP contribution in [0.25, 0.3) is 0 Å². The average Bonchev–Trinajstić information content (AvgIpc) is 2.12. The topological polar surface area (TPSA) is 69.2 Å². The van der Waals surface area contributed by atoms with Crippen molar-refractivity contribution in [1.82, 2.24) is 0 Å². The quantitative estimate of drug-likeness (QED) is 0.823. The summed E-state index contributed by atoms with van der Waals surface area (Å²) in [6.07, 6.45) is 0. The Morgan fingerprint density at radius 2 is 1.69 bits per heavy atom. The SMILES string of the molecule is CC(C)(C)C(Nc1ccccc1)S(=O)(=O)[O-]. The summed E-state index contributed by atoms with van der Waals surface area (Å²) in [6, 6.07) is 8.83. The van der Waals surface area contributed by atoms with Gasteiger partial charge in [0.25, 0.3) is 0 Å². The molecule has 1 aromatic carbocycles. The lowest BCUT2D eigenvalue weighted by Crippen LogP contribution is -2.40. The van der Waals surface area contributed by atoms with Crippen LogP contribution in [0.5, 0.6) is 0 Å². The second-order valence-electron chi connectivity index (χ2n) is 4.75. The molecular weight excluding hydrogens is 226 g/mol. The first kappa shape index (κ1) is 13.0. The van der Waals surface area contributed by atoms with Crippen LogP contribution in [0.1, 0.15) is 20.8 Å². The van der Waals surface area contributed by atoms with Gasteiger partial charge in [0.15, 0.2) is 0 Å². The first-order chi connectivity index (χ1) is 7.21. The standard InChI is InChI=1S/C11H17NO3S/c1-11(2,3)10(16(13,14)15)12-9-7-5-4-6-8-9/h4-8,10,12H,1-3H3,(H,13,14,15)/p-1. The van der Waals surface area contributed by atoms with E-state index in [1.807, 2.05) is 6.07 Å². The molecule has 0 aliphatic heterocycles. The van der Waals surface area contributed by atoms with Crippen molar-refractivity contribution in [2.45, 2.75) is 26.1 Å². The summed E-state index contributed by atoms with van der Waals surface area (Å²) in [4.78, 5) is 0. The molecule has 5 heteroatoms. The van der Waals surface area contributed by atoms with Gasteiger partial charge in [0, 0.05) is 5.69 Å². The van der Waals surface area contributed by atoms with Crippen LogP contribution in [0.15, 0.2) is 30.3 Å². The van der Waals surface area contributed by atoms with Gasteiger partial charge in [-0.2, -0.15) is 0 Å². The average molecular weight is 242 g/mol. The Labute approximate surface area is 96.4 Å². The van der Waals surface area contributed by atoms with Gasteiger partial charge < -0.3 is 9.87 Å². The van der Waals surface area contributed by atoms with Crippen molar-refractivity contribution in [1.29, 1.82) is 0 Å². The zero-order valence-electron chi connectivity index (χ0n) is 9.60. The van der Waals surface area contributed by atoms with Gasteiger partial charge in [0.2, 0.25) is 0 Å². The van der Waals surface area contributed by atoms with Crippen LogP contribution < -0.4 is 5.32 Å². The second kappa shape index (κ2) is 4.43. The molecule has 1 atom stereocenters. The minimum Gasteiger partial charge on any atom is -0.746 e. The minimum atomic E-state index is -4.38. The van der Waals surface area contributed by atoms with E-state index in [-0.39, 0.29) is 0 Å². The number of rotatable bonds is 3. The van der Waals surface area contributed by atoms with Gasteiger partial charge in [-0.25, -0.2) is 8.42 Å². The molecule has 1 aromatic rings. The summed E-state index contributed by atoms with van der Waals surface area (Å²) in [7, 11) is -4.38. The summed E-state index contributed by atoms with van der Waals surface area (Å²) < 4.78 is 33.5. The van der Waals surface area contributed by atoms with Gasteiger partial charge in [-0.3, -0.25) is 0 Å². The van der Waals surface area contributed by atoms with Gasteiger partial charge in [-0.1, -0.05) is 39.0 Å². The number of anilines is 1. The van der Waals surface area contributed by atoms with Gasteiger partial charge in [0.05, 0.1) is 0 Å². The highest BCUT2D eigenvalue weighted by Crippen LogP contribution is 2.26. The summed E-state index contributed by atoms with van der Waals surface area (Å²) in [6.45, 7) is 5.13. The number of nitrogens with one attached hydrogen (secondary N) is 1. The first-order valence-electron chi connectivity index (χ1n) is 4.97. The van der Waals surface area contributed by atoms with E-state index in [1.54, 1.807) is 45.0 Å². The maximum atomic E-state index is 11.2. The fourth-order valence-corrected chi connectivity index (χ4v) is 2.55. The monoisotopic (exact) mass is 242 g/mol. The molecule has 0 heterocycles. The van der Waals surface area contributed by atoms with Crippen LogP contribution in [0.4, 0.5) is 5.69 Å². The molecule has 0 saturated heterocycles. The number of para-hydroxylation sites is 1. The largest absolute Gasteiger partial charge is 0.746 e. The highest BCUT2D eigenvalue weighted by molar-refractivity contribution is 7.86. The van der Waals surface area contributed by atoms with Gasteiger partial charge in [-0.15, -0.1) is 0 Å². The normalized spacial score (nSPS) is 14.5. The lowest BCUT2D eigenvalue weighted by Gasteiger charge is -2.33. The van der Waals surface area contributed by atoms with Crippen LogP contribution in [0, 0.1) is 5.41 Å². The molecule has 0 radical (unpaired) electrons. The predicted molar refractivity (Wildman–Crippen MR) is 63.0 cm³/mol. The molecule has 0 saturated carbocycles. The molecule has 4 nitrogen and oxygen atoms in total. The van der Waals surface area contributed by atoms with Crippen LogP contribution in [-0.2, 0) is 10.1 Å². The van der Waals surface area contributed by atoms with Crippen molar-refractivity contribution in [2.75, 3.05) is 5.32 Å². The third-order valence-corrected chi connectivity index (χ3v) is 3.55. The highest BCUT2D eigenvalue weighted by Gasteiger charge is 2.30. The van der Waals surface area contributed by atoms with Gasteiger partial charge in [0.1, 0.15) is 15.5 Å². The van der Waals surface area contributed by atoms with E-state index < -0.39 is 20.9 Å². The van der Waals surface area contributed by atoms with Crippen molar-refractivity contribution < 1.29 is 13.0 Å². The summed E-state index contributed by atoms with van der Waals surface area (Å²) in [5.41, 5.74) is -0.0296. The van der Waals surface area contributed by atoms with Crippen molar-refractivity contribution in [2.24, 2.45) is 5.41 Å². The van der Waals surface area contributed by atoms with Crippen molar-refractivity contribution in [3.8, 4) is 0 Å². The van der Waals surface area contributed by atoms with Crippen molar-refractivity contribution in [3.63, 3.8) is 0 Å². The molecule has 1 N–H and O–H groups in total. The zero-order chi connectivity index (χ0) is 12.4. The summed E-state index contributed by atoms with van der Waals surface area (Å²) in [5, 5.41) is 1.62. The lowest BCUT2D eigenvalue weighted by atomic mass is 9.96. The van der Waals surface area contributed by atoms with Gasteiger partial charge in [-0.05, 0) is 17.5 Å². The third-order valence-electron chi connectivity index (χ3n) is 2.15. The van der Waals surface area contributed by atoms with Crippen LogP contribution >= 0.6 is 0 Å².